The molecular formula is C5H2F3N2S. The number of hydrogen-bond acceptors (Lipinski definition) is 3. The summed E-state index contributed by atoms with van der Waals surface area (Å²) in [5, 5.41) is 0. The van der Waals surface area contributed by atoms with Crippen molar-refractivity contribution in [3.05, 3.63) is 18.7 Å². The summed E-state index contributed by atoms with van der Waals surface area (Å²) in [6.07, 6.45) is 4.26. The molecule has 0 aliphatic heterocycles. The largest absolute Gasteiger partial charge is 0.446 e. The predicted octanol–water partition coefficient (Wildman–Crippen LogP) is 1.89. The topological polar surface area (TPSA) is 25.8 Å². The highest BCUT2D eigenvalue weighted by Gasteiger charge is 2.29. The zero-order valence-corrected chi connectivity index (χ0v) is 5.91. The third-order valence-corrected chi connectivity index (χ3v) is 1.41. The summed E-state index contributed by atoms with van der Waals surface area (Å²) in [7, 11) is 0. The van der Waals surface area contributed by atoms with E-state index in [0.717, 1.165) is 12.4 Å². The number of thioether (sulfide) groups is 1. The van der Waals surface area contributed by atoms with Gasteiger partial charge in [-0.1, -0.05) is 0 Å². The van der Waals surface area contributed by atoms with Gasteiger partial charge in [0.05, 0.1) is 4.90 Å². The van der Waals surface area contributed by atoms with Crippen LogP contribution in [-0.4, -0.2) is 15.5 Å². The van der Waals surface area contributed by atoms with Crippen LogP contribution < -0.4 is 0 Å². The fraction of sp³-hybridized carbons (Fsp3) is 0.200. The lowest BCUT2D eigenvalue weighted by molar-refractivity contribution is -0.0328. The third-order valence-electron chi connectivity index (χ3n) is 0.733. The molecule has 0 unspecified atom stereocenters. The van der Waals surface area contributed by atoms with Crippen molar-refractivity contribution in [2.75, 3.05) is 0 Å². The molecule has 0 amide bonds. The zero-order valence-electron chi connectivity index (χ0n) is 5.09. The lowest BCUT2D eigenvalue weighted by atomic mass is 10.7. The molecule has 0 saturated heterocycles. The molecule has 0 spiro atoms. The minimum atomic E-state index is -4.27. The molecule has 1 radical (unpaired) electrons. The lowest BCUT2D eigenvalue weighted by Gasteiger charge is -2.02. The number of rotatable bonds is 1. The molecular weight excluding hydrogens is 177 g/mol. The maximum Gasteiger partial charge on any atom is 0.446 e. The summed E-state index contributed by atoms with van der Waals surface area (Å²) in [4.78, 5) is 6.59. The first-order valence-corrected chi connectivity index (χ1v) is 3.33. The number of alkyl halides is 3. The maximum atomic E-state index is 11.6. The summed E-state index contributed by atoms with van der Waals surface area (Å²) in [6, 6.07) is 0. The van der Waals surface area contributed by atoms with Crippen LogP contribution in [0.5, 0.6) is 0 Å². The molecule has 0 N–H and O–H groups in total. The average Bonchev–Trinajstić information content (AvgIpc) is 1.85. The molecule has 0 aliphatic carbocycles. The van der Waals surface area contributed by atoms with Crippen molar-refractivity contribution >= 4 is 11.8 Å². The molecule has 0 bridgehead atoms. The van der Waals surface area contributed by atoms with Crippen molar-refractivity contribution in [1.82, 2.24) is 9.97 Å². The molecule has 1 aromatic heterocycles. The van der Waals surface area contributed by atoms with Crippen LogP contribution in [0.3, 0.4) is 0 Å². The summed E-state index contributed by atoms with van der Waals surface area (Å²) < 4.78 is 34.9. The molecule has 6 heteroatoms. The number of nitrogens with zero attached hydrogens (tertiary/aromatic N) is 2. The van der Waals surface area contributed by atoms with Gasteiger partial charge in [0.1, 0.15) is 0 Å². The highest BCUT2D eigenvalue weighted by molar-refractivity contribution is 8.00. The predicted molar refractivity (Wildman–Crippen MR) is 32.8 cm³/mol. The Morgan fingerprint density at radius 3 is 2.27 bits per heavy atom. The van der Waals surface area contributed by atoms with Gasteiger partial charge >= 0.3 is 5.51 Å². The molecule has 0 saturated carbocycles. The highest BCUT2D eigenvalue weighted by Crippen LogP contribution is 2.35. The first kappa shape index (κ1) is 8.32. The van der Waals surface area contributed by atoms with Gasteiger partial charge in [-0.05, 0) is 11.8 Å². The summed E-state index contributed by atoms with van der Waals surface area (Å²) in [6.45, 7) is 0. The highest BCUT2D eigenvalue weighted by atomic mass is 32.2. The van der Waals surface area contributed by atoms with E-state index in [2.05, 4.69) is 16.3 Å². The molecule has 0 aliphatic rings. The van der Waals surface area contributed by atoms with E-state index in [-0.39, 0.29) is 16.7 Å². The van der Waals surface area contributed by atoms with Gasteiger partial charge in [-0.2, -0.15) is 13.2 Å². The number of hydrogen-bond donors (Lipinski definition) is 0. The molecule has 59 valence electrons. The van der Waals surface area contributed by atoms with E-state index in [1.165, 1.54) is 0 Å². The van der Waals surface area contributed by atoms with Crippen LogP contribution in [0.4, 0.5) is 13.2 Å². The fourth-order valence-corrected chi connectivity index (χ4v) is 0.916. The van der Waals surface area contributed by atoms with Crippen LogP contribution in [0.25, 0.3) is 0 Å². The van der Waals surface area contributed by atoms with Crippen molar-refractivity contribution in [2.45, 2.75) is 10.4 Å². The average molecular weight is 179 g/mol. The molecule has 0 aromatic carbocycles. The van der Waals surface area contributed by atoms with Crippen LogP contribution in [0, 0.1) is 6.33 Å². The lowest BCUT2D eigenvalue weighted by Crippen LogP contribution is -1.99. The second kappa shape index (κ2) is 3.08. The van der Waals surface area contributed by atoms with E-state index in [1.54, 1.807) is 0 Å². The van der Waals surface area contributed by atoms with Crippen LogP contribution in [-0.2, 0) is 0 Å². The minimum Gasteiger partial charge on any atom is -0.233 e. The van der Waals surface area contributed by atoms with E-state index in [9.17, 15) is 13.2 Å². The Morgan fingerprint density at radius 1 is 1.27 bits per heavy atom. The zero-order chi connectivity index (χ0) is 8.32. The van der Waals surface area contributed by atoms with Crippen molar-refractivity contribution in [2.24, 2.45) is 0 Å². The van der Waals surface area contributed by atoms with E-state index >= 15 is 0 Å². The Balaban J connectivity index is 2.66. The minimum absolute atomic E-state index is 0.0312. The third kappa shape index (κ3) is 3.22. The quantitative estimate of drug-likeness (QED) is 0.615. The Bertz CT molecular complexity index is 223. The number of aromatic nitrogens is 2. The van der Waals surface area contributed by atoms with Gasteiger partial charge in [0.15, 0.2) is 6.33 Å². The van der Waals surface area contributed by atoms with Crippen molar-refractivity contribution in [3.63, 3.8) is 0 Å². The van der Waals surface area contributed by atoms with Crippen LogP contribution >= 0.6 is 11.8 Å². The molecule has 1 aromatic rings. The Kier molecular flexibility index (Phi) is 2.33. The summed E-state index contributed by atoms with van der Waals surface area (Å²) in [5.41, 5.74) is -4.27. The van der Waals surface area contributed by atoms with Crippen LogP contribution in [0.1, 0.15) is 0 Å². The normalized spacial score (nSPS) is 11.5. The molecule has 1 rings (SSSR count). The maximum absolute atomic E-state index is 11.6. The summed E-state index contributed by atoms with van der Waals surface area (Å²) >= 11 is -0.244. The molecule has 0 atom stereocenters. The Hall–Kier alpha value is -0.780. The molecule has 2 nitrogen and oxygen atoms in total. The van der Waals surface area contributed by atoms with Crippen molar-refractivity contribution < 1.29 is 13.2 Å². The van der Waals surface area contributed by atoms with Gasteiger partial charge < -0.3 is 0 Å². The molecule has 1 heterocycles. The van der Waals surface area contributed by atoms with Crippen molar-refractivity contribution in [3.8, 4) is 0 Å². The SMILES string of the molecule is FC(F)(F)Sc1cn[c]nc1. The van der Waals surface area contributed by atoms with Gasteiger partial charge in [0.2, 0.25) is 0 Å². The smallest absolute Gasteiger partial charge is 0.233 e. The second-order valence-electron chi connectivity index (χ2n) is 1.57. The number of halogens is 3. The van der Waals surface area contributed by atoms with Crippen molar-refractivity contribution in [1.29, 1.82) is 0 Å². The second-order valence-corrected chi connectivity index (χ2v) is 2.71. The van der Waals surface area contributed by atoms with Crippen LogP contribution in [0.15, 0.2) is 17.3 Å². The molecule has 0 fully saturated rings. The Labute approximate surface area is 64.9 Å². The van der Waals surface area contributed by atoms with Gasteiger partial charge in [0.25, 0.3) is 0 Å². The molecule has 11 heavy (non-hydrogen) atoms. The van der Waals surface area contributed by atoms with Gasteiger partial charge in [0, 0.05) is 12.4 Å². The van der Waals surface area contributed by atoms with E-state index in [4.69, 9.17) is 0 Å². The first-order valence-electron chi connectivity index (χ1n) is 2.52. The van der Waals surface area contributed by atoms with E-state index in [1.807, 2.05) is 0 Å². The van der Waals surface area contributed by atoms with Gasteiger partial charge in [-0.25, -0.2) is 9.97 Å². The van der Waals surface area contributed by atoms with E-state index < -0.39 is 5.51 Å². The fourth-order valence-electron chi connectivity index (χ4n) is 0.438. The summed E-state index contributed by atoms with van der Waals surface area (Å²) in [5.74, 6) is 0. The first-order chi connectivity index (χ1) is 5.08. The van der Waals surface area contributed by atoms with Gasteiger partial charge in [-0.3, -0.25) is 0 Å². The Morgan fingerprint density at radius 2 is 1.82 bits per heavy atom. The van der Waals surface area contributed by atoms with E-state index in [0.29, 0.717) is 0 Å². The standard InChI is InChI=1S/C5H2F3N2S/c6-5(7,8)11-4-1-9-3-10-2-4/h1-2H. The van der Waals surface area contributed by atoms with Gasteiger partial charge in [-0.15, -0.1) is 0 Å². The monoisotopic (exact) mass is 179 g/mol. The van der Waals surface area contributed by atoms with Crippen LogP contribution in [0.2, 0.25) is 0 Å².